The summed E-state index contributed by atoms with van der Waals surface area (Å²) in [5, 5.41) is 19.7. The van der Waals surface area contributed by atoms with Crippen LogP contribution in [0, 0.1) is 17.3 Å². The Morgan fingerprint density at radius 3 is 2.67 bits per heavy atom. The predicted octanol–water partition coefficient (Wildman–Crippen LogP) is 3.89. The highest BCUT2D eigenvalue weighted by atomic mass is 16.5. The van der Waals surface area contributed by atoms with Crippen molar-refractivity contribution >= 4 is 5.97 Å². The monoisotopic (exact) mass is 330 g/mol. The molecule has 1 aromatic rings. The molecule has 2 N–H and O–H groups in total. The Balaban J connectivity index is 1.65. The Hall–Kier alpha value is -1.71. The van der Waals surface area contributed by atoms with Gasteiger partial charge in [0.2, 0.25) is 0 Å². The number of hydrogen-bond acceptors (Lipinski definition) is 4. The maximum absolute atomic E-state index is 11.5. The number of ether oxygens (including phenoxy) is 1. The van der Waals surface area contributed by atoms with E-state index in [0.29, 0.717) is 17.8 Å². The molecule has 0 saturated heterocycles. The molecule has 0 radical (unpaired) electrons. The zero-order valence-corrected chi connectivity index (χ0v) is 14.4. The number of phenols is 2. The number of aryl methyl sites for hydroxylation is 1. The molecule has 0 heterocycles. The fraction of sp³-hybridized carbons (Fsp3) is 0.650. The van der Waals surface area contributed by atoms with Gasteiger partial charge in [-0.2, -0.15) is 0 Å². The minimum atomic E-state index is -0.168. The average Bonchev–Trinajstić information content (AvgIpc) is 2.85. The molecule has 4 heteroatoms. The molecule has 4 nitrogen and oxygen atoms in total. The summed E-state index contributed by atoms with van der Waals surface area (Å²) in [5.74, 6) is 1.42. The lowest BCUT2D eigenvalue weighted by molar-refractivity contribution is -0.154. The van der Waals surface area contributed by atoms with Gasteiger partial charge in [0.15, 0.2) is 11.5 Å². The van der Waals surface area contributed by atoms with Gasteiger partial charge in [-0.05, 0) is 79.5 Å². The van der Waals surface area contributed by atoms with Gasteiger partial charge in [-0.25, -0.2) is 0 Å². The van der Waals surface area contributed by atoms with Crippen LogP contribution in [0.3, 0.4) is 0 Å². The number of carbonyl (C=O) groups excluding carboxylic acids is 1. The molecule has 3 aliphatic rings. The zero-order chi connectivity index (χ0) is 17.1. The van der Waals surface area contributed by atoms with Crippen LogP contribution in [0.1, 0.15) is 63.0 Å². The SMILES string of the molecule is CC(=O)O[C@H]1CCC2C3CCc4cc(O)c(O)cc4C3CC[C@@]21C. The largest absolute Gasteiger partial charge is 0.504 e. The molecule has 4 rings (SSSR count). The second-order valence-electron chi connectivity index (χ2n) is 8.18. The van der Waals surface area contributed by atoms with Crippen molar-refractivity contribution in [2.45, 2.75) is 64.4 Å². The fourth-order valence-electron chi connectivity index (χ4n) is 5.94. The molecule has 3 unspecified atom stereocenters. The molecule has 2 saturated carbocycles. The summed E-state index contributed by atoms with van der Waals surface area (Å²) in [6.07, 6.45) is 6.33. The number of carbonyl (C=O) groups is 1. The Morgan fingerprint density at radius 1 is 1.17 bits per heavy atom. The minimum absolute atomic E-state index is 0.00746. The third-order valence-corrected chi connectivity index (χ3v) is 7.04. The smallest absolute Gasteiger partial charge is 0.302 e. The second kappa shape index (κ2) is 5.40. The summed E-state index contributed by atoms with van der Waals surface area (Å²) in [6, 6.07) is 3.52. The van der Waals surface area contributed by atoms with Crippen molar-refractivity contribution in [2.75, 3.05) is 0 Å². The number of phenolic OH excluding ortho intramolecular Hbond substituents is 2. The standard InChI is InChI=1S/C20H26O4/c1-11(21)24-19-6-5-16-14-4-3-12-9-17(22)18(23)10-15(12)13(14)7-8-20(16,19)2/h9-10,13-14,16,19,22-23H,3-8H2,1-2H3/t13?,14?,16?,19-,20-/m0/s1. The van der Waals surface area contributed by atoms with Gasteiger partial charge in [0.05, 0.1) is 0 Å². The van der Waals surface area contributed by atoms with Crippen LogP contribution in [0.5, 0.6) is 11.5 Å². The molecule has 1 aromatic carbocycles. The van der Waals surface area contributed by atoms with Crippen molar-refractivity contribution < 1.29 is 19.7 Å². The van der Waals surface area contributed by atoms with Gasteiger partial charge < -0.3 is 14.9 Å². The van der Waals surface area contributed by atoms with E-state index < -0.39 is 0 Å². The number of aromatic hydroxyl groups is 2. The molecule has 2 fully saturated rings. The van der Waals surface area contributed by atoms with E-state index in [-0.39, 0.29) is 29.0 Å². The molecular weight excluding hydrogens is 304 g/mol. The third kappa shape index (κ3) is 2.22. The molecule has 130 valence electrons. The fourth-order valence-corrected chi connectivity index (χ4v) is 5.94. The van der Waals surface area contributed by atoms with Crippen LogP contribution in [0.25, 0.3) is 0 Å². The summed E-state index contributed by atoms with van der Waals surface area (Å²) in [5.41, 5.74) is 2.49. The molecule has 0 aliphatic heterocycles. The van der Waals surface area contributed by atoms with Crippen LogP contribution < -0.4 is 0 Å². The predicted molar refractivity (Wildman–Crippen MR) is 89.9 cm³/mol. The lowest BCUT2D eigenvalue weighted by Gasteiger charge is -2.50. The first-order valence-electron chi connectivity index (χ1n) is 9.12. The van der Waals surface area contributed by atoms with E-state index in [1.54, 1.807) is 12.1 Å². The maximum atomic E-state index is 11.5. The first-order chi connectivity index (χ1) is 11.4. The average molecular weight is 330 g/mol. The van der Waals surface area contributed by atoms with E-state index in [2.05, 4.69) is 6.92 Å². The Labute approximate surface area is 142 Å². The van der Waals surface area contributed by atoms with Gasteiger partial charge in [-0.1, -0.05) is 6.92 Å². The number of rotatable bonds is 1. The summed E-state index contributed by atoms with van der Waals surface area (Å²) in [4.78, 5) is 11.5. The number of fused-ring (bicyclic) bond motifs is 5. The van der Waals surface area contributed by atoms with Crippen molar-refractivity contribution in [2.24, 2.45) is 17.3 Å². The highest BCUT2D eigenvalue weighted by molar-refractivity contribution is 5.66. The number of esters is 1. The maximum Gasteiger partial charge on any atom is 0.302 e. The van der Waals surface area contributed by atoms with Crippen molar-refractivity contribution in [1.82, 2.24) is 0 Å². The van der Waals surface area contributed by atoms with E-state index >= 15 is 0 Å². The van der Waals surface area contributed by atoms with Gasteiger partial charge in [-0.15, -0.1) is 0 Å². The minimum Gasteiger partial charge on any atom is -0.504 e. The number of hydrogen-bond donors (Lipinski definition) is 2. The van der Waals surface area contributed by atoms with Crippen molar-refractivity contribution in [3.63, 3.8) is 0 Å². The molecule has 0 spiro atoms. The van der Waals surface area contributed by atoms with Gasteiger partial charge in [-0.3, -0.25) is 4.79 Å². The van der Waals surface area contributed by atoms with Crippen LogP contribution in [-0.2, 0) is 16.0 Å². The van der Waals surface area contributed by atoms with E-state index in [0.717, 1.165) is 38.5 Å². The van der Waals surface area contributed by atoms with E-state index in [9.17, 15) is 15.0 Å². The third-order valence-electron chi connectivity index (χ3n) is 7.04. The van der Waals surface area contributed by atoms with Crippen LogP contribution in [0.4, 0.5) is 0 Å². The summed E-state index contributed by atoms with van der Waals surface area (Å²) in [6.45, 7) is 3.81. The highest BCUT2D eigenvalue weighted by Gasteiger charge is 2.56. The van der Waals surface area contributed by atoms with Crippen LogP contribution in [0.15, 0.2) is 12.1 Å². The van der Waals surface area contributed by atoms with Crippen molar-refractivity contribution in [3.05, 3.63) is 23.3 Å². The summed E-state index contributed by atoms with van der Waals surface area (Å²) in [7, 11) is 0. The molecule has 24 heavy (non-hydrogen) atoms. The molecule has 5 atom stereocenters. The van der Waals surface area contributed by atoms with Crippen LogP contribution in [0.2, 0.25) is 0 Å². The Kier molecular flexibility index (Phi) is 3.55. The van der Waals surface area contributed by atoms with Crippen molar-refractivity contribution in [1.29, 1.82) is 0 Å². The van der Waals surface area contributed by atoms with E-state index in [1.807, 2.05) is 0 Å². The highest BCUT2D eigenvalue weighted by Crippen LogP contribution is 2.61. The molecule has 0 aromatic heterocycles. The first kappa shape index (κ1) is 15.8. The van der Waals surface area contributed by atoms with Gasteiger partial charge >= 0.3 is 5.97 Å². The van der Waals surface area contributed by atoms with Crippen LogP contribution in [-0.4, -0.2) is 22.3 Å². The Morgan fingerprint density at radius 2 is 1.92 bits per heavy atom. The normalized spacial score (nSPS) is 37.2. The van der Waals surface area contributed by atoms with E-state index in [1.165, 1.54) is 18.1 Å². The van der Waals surface area contributed by atoms with Gasteiger partial charge in [0, 0.05) is 12.3 Å². The van der Waals surface area contributed by atoms with E-state index in [4.69, 9.17) is 4.74 Å². The number of benzene rings is 1. The summed E-state index contributed by atoms with van der Waals surface area (Å²) >= 11 is 0. The molecule has 3 aliphatic carbocycles. The van der Waals surface area contributed by atoms with Crippen LogP contribution >= 0.6 is 0 Å². The lowest BCUT2D eigenvalue weighted by Crippen LogP contribution is -2.45. The van der Waals surface area contributed by atoms with Crippen molar-refractivity contribution in [3.8, 4) is 11.5 Å². The van der Waals surface area contributed by atoms with Gasteiger partial charge in [0.25, 0.3) is 0 Å². The molecule has 0 bridgehead atoms. The zero-order valence-electron chi connectivity index (χ0n) is 14.4. The molecule has 0 amide bonds. The lowest BCUT2D eigenvalue weighted by atomic mass is 9.55. The quantitative estimate of drug-likeness (QED) is 0.606. The topological polar surface area (TPSA) is 66.8 Å². The summed E-state index contributed by atoms with van der Waals surface area (Å²) < 4.78 is 5.66. The Bertz CT molecular complexity index is 682. The molecular formula is C20H26O4. The second-order valence-corrected chi connectivity index (χ2v) is 8.18. The first-order valence-corrected chi connectivity index (χ1v) is 9.12. The van der Waals surface area contributed by atoms with Gasteiger partial charge in [0.1, 0.15) is 6.10 Å².